The molecule has 2 aromatic rings. The molecule has 0 saturated carbocycles. The van der Waals surface area contributed by atoms with Crippen molar-refractivity contribution < 1.29 is 19.1 Å². The monoisotopic (exact) mass is 356 g/mol. The summed E-state index contributed by atoms with van der Waals surface area (Å²) in [7, 11) is 0. The molecule has 6 nitrogen and oxygen atoms in total. The van der Waals surface area contributed by atoms with E-state index in [0.717, 1.165) is 16.7 Å². The van der Waals surface area contributed by atoms with Gasteiger partial charge < -0.3 is 9.47 Å². The zero-order valence-corrected chi connectivity index (χ0v) is 15.5. The molecule has 138 valence electrons. The van der Waals surface area contributed by atoms with Crippen LogP contribution in [0.3, 0.4) is 0 Å². The van der Waals surface area contributed by atoms with E-state index in [0.29, 0.717) is 11.5 Å². The highest BCUT2D eigenvalue weighted by Crippen LogP contribution is 2.20. The predicted octanol–water partition coefficient (Wildman–Crippen LogP) is 2.61. The van der Waals surface area contributed by atoms with Gasteiger partial charge in [-0.2, -0.15) is 0 Å². The maximum Gasteiger partial charge on any atom is 0.279 e. The van der Waals surface area contributed by atoms with E-state index >= 15 is 0 Å². The van der Waals surface area contributed by atoms with Crippen molar-refractivity contribution >= 4 is 11.8 Å². The summed E-state index contributed by atoms with van der Waals surface area (Å²) in [6.07, 6.45) is -0.756. The minimum atomic E-state index is -0.756. The lowest BCUT2D eigenvalue weighted by molar-refractivity contribution is -0.133. The molecule has 1 unspecified atom stereocenters. The topological polar surface area (TPSA) is 76.7 Å². The Morgan fingerprint density at radius 1 is 1.00 bits per heavy atom. The van der Waals surface area contributed by atoms with Crippen molar-refractivity contribution in [2.75, 3.05) is 6.61 Å². The Hall–Kier alpha value is -3.02. The largest absolute Gasteiger partial charge is 0.484 e. The molecule has 0 radical (unpaired) electrons. The first-order valence-corrected chi connectivity index (χ1v) is 8.37. The van der Waals surface area contributed by atoms with Gasteiger partial charge in [0.15, 0.2) is 12.7 Å². The van der Waals surface area contributed by atoms with E-state index < -0.39 is 17.9 Å². The lowest BCUT2D eigenvalue weighted by atomic mass is 10.1. The van der Waals surface area contributed by atoms with Crippen molar-refractivity contribution in [3.63, 3.8) is 0 Å². The quantitative estimate of drug-likeness (QED) is 0.780. The van der Waals surface area contributed by atoms with Crippen LogP contribution >= 0.6 is 0 Å². The van der Waals surface area contributed by atoms with Crippen LogP contribution in [0.4, 0.5) is 0 Å². The van der Waals surface area contributed by atoms with Gasteiger partial charge >= 0.3 is 0 Å². The number of hydrogen-bond acceptors (Lipinski definition) is 4. The van der Waals surface area contributed by atoms with Crippen LogP contribution in [-0.4, -0.2) is 24.5 Å². The smallest absolute Gasteiger partial charge is 0.279 e. The van der Waals surface area contributed by atoms with E-state index in [9.17, 15) is 9.59 Å². The van der Waals surface area contributed by atoms with Gasteiger partial charge in [-0.25, -0.2) is 0 Å². The number of rotatable bonds is 6. The Bertz CT molecular complexity index is 789. The summed E-state index contributed by atoms with van der Waals surface area (Å²) in [5.41, 5.74) is 7.67. The number of amides is 2. The second kappa shape index (κ2) is 8.89. The molecule has 0 heterocycles. The third-order valence-corrected chi connectivity index (χ3v) is 3.70. The number of aryl methyl sites for hydroxylation is 3. The second-order valence-electron chi connectivity index (χ2n) is 6.17. The molecule has 0 aliphatic rings. The SMILES string of the molecule is Cc1cccc(OCC(=O)NNC(=O)C(C)Oc2cc(C)ccc2C)c1. The van der Waals surface area contributed by atoms with E-state index in [-0.39, 0.29) is 6.61 Å². The fourth-order valence-corrected chi connectivity index (χ4v) is 2.20. The number of carbonyl (C=O) groups excluding carboxylic acids is 2. The number of hydrazine groups is 1. The van der Waals surface area contributed by atoms with E-state index in [4.69, 9.17) is 9.47 Å². The molecular weight excluding hydrogens is 332 g/mol. The first-order valence-electron chi connectivity index (χ1n) is 8.37. The van der Waals surface area contributed by atoms with Crippen LogP contribution in [0.15, 0.2) is 42.5 Å². The fraction of sp³-hybridized carbons (Fsp3) is 0.300. The van der Waals surface area contributed by atoms with Crippen molar-refractivity contribution in [3.8, 4) is 11.5 Å². The van der Waals surface area contributed by atoms with Gasteiger partial charge in [0.1, 0.15) is 11.5 Å². The van der Waals surface area contributed by atoms with Gasteiger partial charge in [0, 0.05) is 0 Å². The third kappa shape index (κ3) is 5.81. The summed E-state index contributed by atoms with van der Waals surface area (Å²) in [5, 5.41) is 0. The Balaban J connectivity index is 1.78. The molecule has 0 fully saturated rings. The molecular formula is C20H24N2O4. The van der Waals surface area contributed by atoms with Crippen LogP contribution in [0.1, 0.15) is 23.6 Å². The molecule has 0 bridgehead atoms. The molecule has 6 heteroatoms. The highest BCUT2D eigenvalue weighted by atomic mass is 16.5. The van der Waals surface area contributed by atoms with Gasteiger partial charge in [-0.1, -0.05) is 24.3 Å². The van der Waals surface area contributed by atoms with E-state index in [2.05, 4.69) is 10.9 Å². The van der Waals surface area contributed by atoms with Gasteiger partial charge in [-0.3, -0.25) is 20.4 Å². The summed E-state index contributed by atoms with van der Waals surface area (Å²) in [6, 6.07) is 13.1. The normalized spacial score (nSPS) is 11.4. The standard InChI is InChI=1S/C20H24N2O4/c1-13-6-5-7-17(10-13)25-12-19(23)21-22-20(24)16(4)26-18-11-14(2)8-9-15(18)3/h5-11,16H,12H2,1-4H3,(H,21,23)(H,22,24). The molecule has 1 atom stereocenters. The summed E-state index contributed by atoms with van der Waals surface area (Å²) >= 11 is 0. The minimum Gasteiger partial charge on any atom is -0.484 e. The molecule has 0 aromatic heterocycles. The second-order valence-corrected chi connectivity index (χ2v) is 6.17. The first kappa shape index (κ1) is 19.3. The van der Waals surface area contributed by atoms with Gasteiger partial charge in [0.2, 0.25) is 0 Å². The van der Waals surface area contributed by atoms with Crippen molar-refractivity contribution in [1.82, 2.24) is 10.9 Å². The lowest BCUT2D eigenvalue weighted by Gasteiger charge is -2.17. The number of ether oxygens (including phenoxy) is 2. The van der Waals surface area contributed by atoms with Gasteiger partial charge in [-0.05, 0) is 62.6 Å². The molecule has 26 heavy (non-hydrogen) atoms. The highest BCUT2D eigenvalue weighted by Gasteiger charge is 2.16. The maximum atomic E-state index is 12.1. The minimum absolute atomic E-state index is 0.198. The van der Waals surface area contributed by atoms with Crippen LogP contribution in [0.2, 0.25) is 0 Å². The number of hydrogen-bond donors (Lipinski definition) is 2. The fourth-order valence-electron chi connectivity index (χ4n) is 2.20. The van der Waals surface area contributed by atoms with Crippen LogP contribution < -0.4 is 20.3 Å². The number of nitrogens with one attached hydrogen (secondary N) is 2. The summed E-state index contributed by atoms with van der Waals surface area (Å²) < 4.78 is 11.0. The van der Waals surface area contributed by atoms with E-state index in [1.807, 2.05) is 57.2 Å². The molecule has 2 amide bonds. The van der Waals surface area contributed by atoms with Crippen LogP contribution in [0, 0.1) is 20.8 Å². The van der Waals surface area contributed by atoms with Crippen LogP contribution in [0.25, 0.3) is 0 Å². The van der Waals surface area contributed by atoms with Gasteiger partial charge in [0.25, 0.3) is 11.8 Å². The van der Waals surface area contributed by atoms with Crippen LogP contribution in [-0.2, 0) is 9.59 Å². The zero-order chi connectivity index (χ0) is 19.1. The molecule has 0 aliphatic heterocycles. The molecule has 0 spiro atoms. The number of carbonyl (C=O) groups is 2. The summed E-state index contributed by atoms with van der Waals surface area (Å²) in [6.45, 7) is 7.21. The Morgan fingerprint density at radius 3 is 2.46 bits per heavy atom. The van der Waals surface area contributed by atoms with Gasteiger partial charge in [-0.15, -0.1) is 0 Å². The molecule has 0 aliphatic carbocycles. The zero-order valence-electron chi connectivity index (χ0n) is 15.5. The number of benzene rings is 2. The Morgan fingerprint density at radius 2 is 1.73 bits per heavy atom. The van der Waals surface area contributed by atoms with Crippen molar-refractivity contribution in [3.05, 3.63) is 59.2 Å². The van der Waals surface area contributed by atoms with Gasteiger partial charge in [0.05, 0.1) is 0 Å². The molecule has 2 N–H and O–H groups in total. The van der Waals surface area contributed by atoms with E-state index in [1.54, 1.807) is 13.0 Å². The average Bonchev–Trinajstić information content (AvgIpc) is 2.61. The average molecular weight is 356 g/mol. The van der Waals surface area contributed by atoms with Crippen molar-refractivity contribution in [1.29, 1.82) is 0 Å². The van der Waals surface area contributed by atoms with Crippen LogP contribution in [0.5, 0.6) is 11.5 Å². The Labute approximate surface area is 153 Å². The lowest BCUT2D eigenvalue weighted by Crippen LogP contribution is -2.48. The maximum absolute atomic E-state index is 12.1. The third-order valence-electron chi connectivity index (χ3n) is 3.70. The highest BCUT2D eigenvalue weighted by molar-refractivity contribution is 5.85. The van der Waals surface area contributed by atoms with Crippen molar-refractivity contribution in [2.24, 2.45) is 0 Å². The molecule has 0 saturated heterocycles. The first-order chi connectivity index (χ1) is 12.3. The van der Waals surface area contributed by atoms with E-state index in [1.165, 1.54) is 0 Å². The predicted molar refractivity (Wildman–Crippen MR) is 99.0 cm³/mol. The molecule has 2 rings (SSSR count). The van der Waals surface area contributed by atoms with Crippen molar-refractivity contribution in [2.45, 2.75) is 33.8 Å². The summed E-state index contributed by atoms with van der Waals surface area (Å²) in [5.74, 6) is 0.327. The summed E-state index contributed by atoms with van der Waals surface area (Å²) in [4.78, 5) is 23.9. The Kier molecular flexibility index (Phi) is 6.60. The molecule has 2 aromatic carbocycles.